The van der Waals surface area contributed by atoms with Crippen molar-refractivity contribution in [3.63, 3.8) is 0 Å². The number of carbonyl (C=O) groups is 1. The van der Waals surface area contributed by atoms with Crippen LogP contribution >= 0.6 is 11.6 Å². The molecule has 0 unspecified atom stereocenters. The summed E-state index contributed by atoms with van der Waals surface area (Å²) in [6.45, 7) is 4.45. The van der Waals surface area contributed by atoms with Gasteiger partial charge in [-0.15, -0.1) is 0 Å². The van der Waals surface area contributed by atoms with Crippen LogP contribution in [-0.4, -0.2) is 45.1 Å². The highest BCUT2D eigenvalue weighted by Crippen LogP contribution is 2.29. The summed E-state index contributed by atoms with van der Waals surface area (Å²) in [5.74, 6) is -0.718. The largest absolute Gasteiger partial charge is 0.367 e. The monoisotopic (exact) mass is 543 g/mol. The molecular formula is C25H26ClN5O5S. The van der Waals surface area contributed by atoms with Crippen molar-refractivity contribution in [2.24, 2.45) is 5.10 Å². The first-order chi connectivity index (χ1) is 17.7. The van der Waals surface area contributed by atoms with E-state index >= 15 is 0 Å². The Morgan fingerprint density at radius 1 is 1.05 bits per heavy atom. The summed E-state index contributed by atoms with van der Waals surface area (Å²) in [6, 6.07) is 18.5. The lowest BCUT2D eigenvalue weighted by Crippen LogP contribution is -2.39. The number of carbonyl (C=O) groups excluding carboxylic acids is 1. The molecule has 0 atom stereocenters. The van der Waals surface area contributed by atoms with Crippen LogP contribution in [0.3, 0.4) is 0 Å². The van der Waals surface area contributed by atoms with Crippen molar-refractivity contribution in [1.82, 2.24) is 5.43 Å². The first-order valence-corrected chi connectivity index (χ1v) is 13.2. The minimum atomic E-state index is -4.09. The first-order valence-electron chi connectivity index (χ1n) is 11.4. The van der Waals surface area contributed by atoms with E-state index in [-0.39, 0.29) is 16.3 Å². The lowest BCUT2D eigenvalue weighted by molar-refractivity contribution is -0.384. The van der Waals surface area contributed by atoms with Gasteiger partial charge in [0, 0.05) is 29.7 Å². The number of anilines is 2. The number of halogens is 1. The van der Waals surface area contributed by atoms with Crippen LogP contribution in [0.15, 0.2) is 82.8 Å². The number of nitrogens with one attached hydrogen (secondary N) is 1. The number of sulfonamides is 1. The number of nitrogens with zero attached hydrogens (tertiary/aromatic N) is 4. The minimum Gasteiger partial charge on any atom is -0.367 e. The third kappa shape index (κ3) is 6.83. The molecule has 0 aliphatic carbocycles. The molecule has 3 aromatic carbocycles. The van der Waals surface area contributed by atoms with Gasteiger partial charge in [0.05, 0.1) is 21.7 Å². The Morgan fingerprint density at radius 2 is 1.76 bits per heavy atom. The lowest BCUT2D eigenvalue weighted by Gasteiger charge is -2.23. The number of amides is 1. The Labute approximate surface area is 220 Å². The molecule has 0 aliphatic heterocycles. The van der Waals surface area contributed by atoms with E-state index in [0.717, 1.165) is 4.31 Å². The molecule has 1 amide bonds. The average molecular weight is 544 g/mol. The van der Waals surface area contributed by atoms with Gasteiger partial charge in [-0.2, -0.15) is 5.10 Å². The smallest absolute Gasteiger partial charge is 0.293 e. The van der Waals surface area contributed by atoms with Crippen molar-refractivity contribution < 1.29 is 18.1 Å². The van der Waals surface area contributed by atoms with Crippen LogP contribution in [0.2, 0.25) is 5.02 Å². The van der Waals surface area contributed by atoms with Crippen LogP contribution in [-0.2, 0) is 14.8 Å². The molecule has 37 heavy (non-hydrogen) atoms. The lowest BCUT2D eigenvalue weighted by atomic mass is 10.1. The molecule has 194 valence electrons. The van der Waals surface area contributed by atoms with Gasteiger partial charge in [-0.25, -0.2) is 13.8 Å². The number of nitro benzene ring substituents is 1. The summed E-state index contributed by atoms with van der Waals surface area (Å²) >= 11 is 6.06. The van der Waals surface area contributed by atoms with Crippen molar-refractivity contribution in [2.45, 2.75) is 18.7 Å². The Bertz CT molecular complexity index is 1400. The van der Waals surface area contributed by atoms with Gasteiger partial charge in [-0.3, -0.25) is 19.2 Å². The zero-order valence-corrected chi connectivity index (χ0v) is 21.8. The Balaban J connectivity index is 1.81. The summed E-state index contributed by atoms with van der Waals surface area (Å²) in [5.41, 5.74) is 3.29. The average Bonchev–Trinajstić information content (AvgIpc) is 2.89. The van der Waals surface area contributed by atoms with E-state index in [1.54, 1.807) is 42.5 Å². The summed E-state index contributed by atoms with van der Waals surface area (Å²) < 4.78 is 27.6. The molecule has 0 spiro atoms. The number of benzene rings is 3. The van der Waals surface area contributed by atoms with Gasteiger partial charge in [0.15, 0.2) is 0 Å². The van der Waals surface area contributed by atoms with E-state index in [9.17, 15) is 23.3 Å². The molecule has 0 saturated heterocycles. The molecule has 0 saturated carbocycles. The van der Waals surface area contributed by atoms with E-state index < -0.39 is 27.4 Å². The van der Waals surface area contributed by atoms with Crippen molar-refractivity contribution in [1.29, 1.82) is 0 Å². The van der Waals surface area contributed by atoms with E-state index in [0.29, 0.717) is 29.4 Å². The third-order valence-electron chi connectivity index (χ3n) is 5.42. The number of hydrogen-bond donors (Lipinski definition) is 1. The number of nitro groups is 1. The Kier molecular flexibility index (Phi) is 9.20. The van der Waals surface area contributed by atoms with Gasteiger partial charge in [0.1, 0.15) is 12.2 Å². The van der Waals surface area contributed by atoms with E-state index in [1.807, 2.05) is 18.7 Å². The molecule has 10 nitrogen and oxygen atoms in total. The van der Waals surface area contributed by atoms with Crippen molar-refractivity contribution in [3.8, 4) is 0 Å². The quantitative estimate of drug-likeness (QED) is 0.216. The molecule has 0 aliphatic rings. The van der Waals surface area contributed by atoms with Crippen molar-refractivity contribution in [2.75, 3.05) is 28.8 Å². The van der Waals surface area contributed by atoms with E-state index in [1.165, 1.54) is 36.5 Å². The maximum Gasteiger partial charge on any atom is 0.293 e. The SMILES string of the molecule is CCN(CC)c1ccc(/C=N/NC(=O)CN(c2cccc(Cl)c2)S(=O)(=O)c2ccccc2)cc1[N+](=O)[O-]. The van der Waals surface area contributed by atoms with E-state index in [2.05, 4.69) is 10.5 Å². The number of hydrazone groups is 1. The summed E-state index contributed by atoms with van der Waals surface area (Å²) in [5, 5.41) is 15.7. The van der Waals surface area contributed by atoms with Gasteiger partial charge in [0.2, 0.25) is 0 Å². The first kappa shape index (κ1) is 27.6. The summed E-state index contributed by atoms with van der Waals surface area (Å²) in [4.78, 5) is 25.7. The second-order valence-corrected chi connectivity index (χ2v) is 10.1. The summed E-state index contributed by atoms with van der Waals surface area (Å²) in [7, 11) is -4.09. The molecule has 0 aromatic heterocycles. The van der Waals surface area contributed by atoms with Crippen LogP contribution in [0.1, 0.15) is 19.4 Å². The van der Waals surface area contributed by atoms with Crippen molar-refractivity contribution in [3.05, 3.63) is 93.5 Å². The fourth-order valence-corrected chi connectivity index (χ4v) is 5.23. The fraction of sp³-hybridized carbons (Fsp3) is 0.200. The number of hydrogen-bond acceptors (Lipinski definition) is 7. The molecule has 0 radical (unpaired) electrons. The Morgan fingerprint density at radius 3 is 2.38 bits per heavy atom. The molecule has 1 N–H and O–H groups in total. The van der Waals surface area contributed by atoms with Gasteiger partial charge in [-0.05, 0) is 50.2 Å². The van der Waals surface area contributed by atoms with Crippen molar-refractivity contribution >= 4 is 50.8 Å². The van der Waals surface area contributed by atoms with Gasteiger partial charge < -0.3 is 4.90 Å². The third-order valence-corrected chi connectivity index (χ3v) is 7.44. The second-order valence-electron chi connectivity index (χ2n) is 7.78. The standard InChI is InChI=1S/C25H26ClN5O5S/c1-3-29(4-2)23-14-13-19(15-24(23)31(33)34)17-27-28-25(32)18-30(21-10-8-9-20(26)16-21)37(35,36)22-11-6-5-7-12-22/h5-17H,3-4,18H2,1-2H3,(H,28,32)/b27-17+. The molecule has 0 fully saturated rings. The van der Waals surface area contributed by atoms with E-state index in [4.69, 9.17) is 11.6 Å². The highest BCUT2D eigenvalue weighted by molar-refractivity contribution is 7.92. The maximum atomic E-state index is 13.3. The van der Waals surface area contributed by atoms with Gasteiger partial charge >= 0.3 is 0 Å². The number of rotatable bonds is 11. The van der Waals surface area contributed by atoms with Gasteiger partial charge in [0.25, 0.3) is 21.6 Å². The van der Waals surface area contributed by atoms with Crippen LogP contribution < -0.4 is 14.6 Å². The van der Waals surface area contributed by atoms with Crippen LogP contribution in [0, 0.1) is 10.1 Å². The predicted octanol–water partition coefficient (Wildman–Crippen LogP) is 4.44. The maximum absolute atomic E-state index is 13.3. The van der Waals surface area contributed by atoms with Crippen LogP contribution in [0.25, 0.3) is 0 Å². The molecular weight excluding hydrogens is 518 g/mol. The highest BCUT2D eigenvalue weighted by Gasteiger charge is 2.27. The normalized spacial score (nSPS) is 11.3. The molecule has 0 bridgehead atoms. The van der Waals surface area contributed by atoms with Gasteiger partial charge in [-0.1, -0.05) is 41.9 Å². The van der Waals surface area contributed by atoms with Crippen LogP contribution in [0.5, 0.6) is 0 Å². The predicted molar refractivity (Wildman–Crippen MR) is 145 cm³/mol. The molecule has 12 heteroatoms. The molecule has 3 rings (SSSR count). The highest BCUT2D eigenvalue weighted by atomic mass is 35.5. The fourth-order valence-electron chi connectivity index (χ4n) is 3.61. The summed E-state index contributed by atoms with van der Waals surface area (Å²) in [6.07, 6.45) is 1.26. The zero-order valence-electron chi connectivity index (χ0n) is 20.2. The topological polar surface area (TPSA) is 125 Å². The molecule has 0 heterocycles. The zero-order chi connectivity index (χ0) is 27.0. The Hall–Kier alpha value is -3.96. The van der Waals surface area contributed by atoms with Crippen LogP contribution in [0.4, 0.5) is 17.1 Å². The molecule has 3 aromatic rings. The minimum absolute atomic E-state index is 0.00637. The second kappa shape index (κ2) is 12.3.